The van der Waals surface area contributed by atoms with E-state index in [0.717, 1.165) is 43.5 Å². The van der Waals surface area contributed by atoms with E-state index in [9.17, 15) is 18.5 Å². The zero-order valence-corrected chi connectivity index (χ0v) is 17.1. The Kier molecular flexibility index (Phi) is 5.81. The Hall–Kier alpha value is -2.09. The molecule has 2 aliphatic heterocycles. The van der Waals surface area contributed by atoms with Crippen LogP contribution in [0.3, 0.4) is 0 Å². The lowest BCUT2D eigenvalue weighted by Gasteiger charge is -2.15. The number of ether oxygens (including phenoxy) is 1. The summed E-state index contributed by atoms with van der Waals surface area (Å²) in [5.41, 5.74) is -0.290. The number of hydrogen-bond acceptors (Lipinski definition) is 9. The highest BCUT2D eigenvalue weighted by Gasteiger charge is 2.30. The van der Waals surface area contributed by atoms with Crippen LogP contribution >= 0.6 is 11.8 Å². The molecule has 3 heterocycles. The normalized spacial score (nSPS) is 20.3. The molecule has 4 rings (SSSR count). The average Bonchev–Trinajstić information content (AvgIpc) is 3.46. The molecule has 0 amide bonds. The number of benzene rings is 1. The van der Waals surface area contributed by atoms with E-state index < -0.39 is 14.9 Å². The second-order valence-electron chi connectivity index (χ2n) is 6.88. The molecule has 29 heavy (non-hydrogen) atoms. The Morgan fingerprint density at radius 2 is 2.07 bits per heavy atom. The Labute approximate surface area is 171 Å². The number of sulfonamides is 1. The van der Waals surface area contributed by atoms with Crippen LogP contribution in [0.25, 0.3) is 0 Å². The molecular weight excluding hydrogens is 420 g/mol. The van der Waals surface area contributed by atoms with Crippen LogP contribution in [0.5, 0.6) is 0 Å². The third-order valence-electron chi connectivity index (χ3n) is 4.93. The van der Waals surface area contributed by atoms with Crippen LogP contribution in [-0.2, 0) is 21.3 Å². The fourth-order valence-electron chi connectivity index (χ4n) is 3.43. The van der Waals surface area contributed by atoms with E-state index >= 15 is 0 Å². The summed E-state index contributed by atoms with van der Waals surface area (Å²) in [7, 11) is -3.74. The maximum Gasteiger partial charge on any atom is 0.284 e. The Morgan fingerprint density at radius 3 is 2.76 bits per heavy atom. The predicted octanol–water partition coefficient (Wildman–Crippen LogP) is 1.70. The van der Waals surface area contributed by atoms with Gasteiger partial charge >= 0.3 is 0 Å². The molecule has 2 fully saturated rings. The van der Waals surface area contributed by atoms with Gasteiger partial charge in [0, 0.05) is 25.8 Å². The van der Waals surface area contributed by atoms with Crippen LogP contribution in [0.2, 0.25) is 0 Å². The van der Waals surface area contributed by atoms with Crippen LogP contribution < -0.4 is 0 Å². The molecule has 11 nitrogen and oxygen atoms in total. The van der Waals surface area contributed by atoms with Crippen LogP contribution in [-0.4, -0.2) is 63.7 Å². The zero-order chi connectivity index (χ0) is 20.4. The van der Waals surface area contributed by atoms with E-state index in [2.05, 4.69) is 15.5 Å². The lowest BCUT2D eigenvalue weighted by Crippen LogP contribution is -2.27. The van der Waals surface area contributed by atoms with E-state index in [4.69, 9.17) is 4.74 Å². The highest BCUT2D eigenvalue weighted by atomic mass is 32.2. The number of rotatable bonds is 7. The summed E-state index contributed by atoms with van der Waals surface area (Å²) in [6.07, 6.45) is 3.49. The van der Waals surface area contributed by atoms with E-state index in [1.54, 1.807) is 4.68 Å². The van der Waals surface area contributed by atoms with Gasteiger partial charge in [-0.1, -0.05) is 0 Å². The maximum atomic E-state index is 12.7. The molecule has 2 saturated heterocycles. The van der Waals surface area contributed by atoms with Crippen molar-refractivity contribution in [2.45, 2.75) is 53.3 Å². The van der Waals surface area contributed by atoms with Crippen molar-refractivity contribution in [3.05, 3.63) is 28.3 Å². The lowest BCUT2D eigenvalue weighted by molar-refractivity contribution is -0.388. The van der Waals surface area contributed by atoms with Gasteiger partial charge in [0.05, 0.1) is 27.4 Å². The van der Waals surface area contributed by atoms with Crippen molar-refractivity contribution in [2.75, 3.05) is 19.7 Å². The third-order valence-corrected chi connectivity index (χ3v) is 7.87. The fourth-order valence-corrected chi connectivity index (χ4v) is 5.83. The lowest BCUT2D eigenvalue weighted by atomic mass is 10.2. The van der Waals surface area contributed by atoms with E-state index in [1.165, 1.54) is 16.4 Å². The Balaban J connectivity index is 1.60. The first-order chi connectivity index (χ1) is 13.9. The maximum absolute atomic E-state index is 12.7. The number of tetrazole rings is 1. The van der Waals surface area contributed by atoms with Gasteiger partial charge in [0.1, 0.15) is 0 Å². The number of nitrogens with zero attached hydrogens (tertiary/aromatic N) is 6. The number of nitro benzene ring substituents is 1. The molecule has 2 aliphatic rings. The van der Waals surface area contributed by atoms with Gasteiger partial charge in [-0.25, -0.2) is 13.1 Å². The molecule has 0 spiro atoms. The van der Waals surface area contributed by atoms with Gasteiger partial charge < -0.3 is 4.74 Å². The van der Waals surface area contributed by atoms with Gasteiger partial charge in [0.25, 0.3) is 5.69 Å². The molecule has 1 aromatic heterocycles. The zero-order valence-electron chi connectivity index (χ0n) is 15.5. The Bertz CT molecular complexity index is 999. The van der Waals surface area contributed by atoms with E-state index in [-0.39, 0.29) is 21.6 Å². The number of aromatic nitrogens is 4. The van der Waals surface area contributed by atoms with E-state index in [1.807, 2.05) is 0 Å². The van der Waals surface area contributed by atoms with Crippen LogP contribution in [0.4, 0.5) is 5.69 Å². The predicted molar refractivity (Wildman–Crippen MR) is 102 cm³/mol. The van der Waals surface area contributed by atoms with Gasteiger partial charge in [-0.2, -0.15) is 4.31 Å². The summed E-state index contributed by atoms with van der Waals surface area (Å²) in [6, 6.07) is 3.96. The summed E-state index contributed by atoms with van der Waals surface area (Å²) in [5, 5.41) is 23.6. The molecule has 2 aromatic rings. The first-order valence-corrected chi connectivity index (χ1v) is 11.5. The van der Waals surface area contributed by atoms with Crippen LogP contribution in [0, 0.1) is 10.1 Å². The standard InChI is InChI=1S/C16H20N6O5S2/c23-22(24)14-10-13(29(25,26)20-7-1-2-8-20)5-6-15(14)28-16-17-18-19-21(16)11-12-4-3-9-27-12/h5-6,10,12H,1-4,7-9,11H2. The molecule has 0 aliphatic carbocycles. The summed E-state index contributed by atoms with van der Waals surface area (Å²) in [6.45, 7) is 2.04. The molecular formula is C16H20N6O5S2. The number of nitro groups is 1. The SMILES string of the molecule is O=[N+]([O-])c1cc(S(=O)(=O)N2CCCC2)ccc1Sc1nnnn1CC1CCCO1. The van der Waals surface area contributed by atoms with Crippen molar-refractivity contribution >= 4 is 27.5 Å². The summed E-state index contributed by atoms with van der Waals surface area (Å²) < 4.78 is 34.0. The monoisotopic (exact) mass is 440 g/mol. The molecule has 0 bridgehead atoms. The molecule has 0 saturated carbocycles. The van der Waals surface area contributed by atoms with E-state index in [0.29, 0.717) is 31.4 Å². The summed E-state index contributed by atoms with van der Waals surface area (Å²) in [5.74, 6) is 0. The third kappa shape index (κ3) is 4.27. The molecule has 1 aromatic carbocycles. The van der Waals surface area contributed by atoms with Crippen molar-refractivity contribution in [1.29, 1.82) is 0 Å². The number of hydrogen-bond donors (Lipinski definition) is 0. The fraction of sp³-hybridized carbons (Fsp3) is 0.562. The van der Waals surface area contributed by atoms with Crippen molar-refractivity contribution in [1.82, 2.24) is 24.5 Å². The smallest absolute Gasteiger partial charge is 0.284 e. The van der Waals surface area contributed by atoms with Crippen molar-refractivity contribution in [3.63, 3.8) is 0 Å². The molecule has 0 radical (unpaired) electrons. The van der Waals surface area contributed by atoms with Crippen molar-refractivity contribution in [3.8, 4) is 0 Å². The largest absolute Gasteiger partial charge is 0.376 e. The topological polar surface area (TPSA) is 133 Å². The average molecular weight is 441 g/mol. The summed E-state index contributed by atoms with van der Waals surface area (Å²) in [4.78, 5) is 11.2. The molecule has 0 N–H and O–H groups in total. The second-order valence-corrected chi connectivity index (χ2v) is 9.83. The molecule has 1 unspecified atom stereocenters. The summed E-state index contributed by atoms with van der Waals surface area (Å²) >= 11 is 1.03. The minimum Gasteiger partial charge on any atom is -0.376 e. The van der Waals surface area contributed by atoms with Gasteiger partial charge in [-0.05, 0) is 60.0 Å². The minimum atomic E-state index is -3.74. The van der Waals surface area contributed by atoms with Gasteiger partial charge in [-0.3, -0.25) is 10.1 Å². The molecule has 13 heteroatoms. The molecule has 1 atom stereocenters. The Morgan fingerprint density at radius 1 is 1.28 bits per heavy atom. The van der Waals surface area contributed by atoms with Crippen LogP contribution in [0.1, 0.15) is 25.7 Å². The molecule has 156 valence electrons. The van der Waals surface area contributed by atoms with Crippen LogP contribution in [0.15, 0.2) is 33.1 Å². The minimum absolute atomic E-state index is 0.0146. The van der Waals surface area contributed by atoms with Gasteiger partial charge in [-0.15, -0.1) is 5.10 Å². The quantitative estimate of drug-likeness (QED) is 0.466. The highest BCUT2D eigenvalue weighted by Crippen LogP contribution is 2.36. The van der Waals surface area contributed by atoms with Crippen molar-refractivity contribution in [2.24, 2.45) is 0 Å². The second kappa shape index (κ2) is 8.34. The van der Waals surface area contributed by atoms with Gasteiger partial charge in [0.15, 0.2) is 0 Å². The first-order valence-electron chi connectivity index (χ1n) is 9.29. The van der Waals surface area contributed by atoms with Gasteiger partial charge in [0.2, 0.25) is 15.2 Å². The first kappa shape index (κ1) is 20.2. The highest BCUT2D eigenvalue weighted by molar-refractivity contribution is 7.99. The van der Waals surface area contributed by atoms with Crippen molar-refractivity contribution < 1.29 is 18.1 Å².